The van der Waals surface area contributed by atoms with Crippen LogP contribution in [0.3, 0.4) is 0 Å². The van der Waals surface area contributed by atoms with Gasteiger partial charge in [0.2, 0.25) is 0 Å². The molecule has 2 heterocycles. The van der Waals surface area contributed by atoms with Crippen molar-refractivity contribution < 1.29 is 10.2 Å². The Kier molecular flexibility index (Phi) is 3.33. The summed E-state index contributed by atoms with van der Waals surface area (Å²) >= 11 is 0. The Morgan fingerprint density at radius 2 is 2.24 bits per heavy atom. The first-order valence-electron chi connectivity index (χ1n) is 7.16. The minimum absolute atomic E-state index is 0.109. The molecule has 3 N–H and O–H groups in total. The van der Waals surface area contributed by atoms with Crippen molar-refractivity contribution in [1.29, 1.82) is 0 Å². The van der Waals surface area contributed by atoms with Gasteiger partial charge in [0, 0.05) is 13.7 Å². The van der Waals surface area contributed by atoms with Gasteiger partial charge in [-0.1, -0.05) is 6.92 Å². The first kappa shape index (κ1) is 14.2. The fraction of sp³-hybridized carbons (Fsp3) is 0.643. The van der Waals surface area contributed by atoms with Crippen LogP contribution in [0, 0.1) is 11.3 Å². The summed E-state index contributed by atoms with van der Waals surface area (Å²) < 4.78 is 1.87. The zero-order valence-electron chi connectivity index (χ0n) is 12.5. The highest BCUT2D eigenvalue weighted by Crippen LogP contribution is 2.55. The van der Waals surface area contributed by atoms with Gasteiger partial charge < -0.3 is 20.1 Å². The van der Waals surface area contributed by atoms with Gasteiger partial charge in [-0.15, -0.1) is 0 Å². The second-order valence-electron chi connectivity index (χ2n) is 6.15. The van der Waals surface area contributed by atoms with Crippen LogP contribution in [-0.2, 0) is 0 Å². The molecule has 1 aliphatic rings. The Morgan fingerprint density at radius 1 is 1.48 bits per heavy atom. The molecule has 4 atom stereocenters. The van der Waals surface area contributed by atoms with E-state index in [1.54, 1.807) is 13.4 Å². The minimum Gasteiger partial charge on any atom is -0.396 e. The molecule has 0 radical (unpaired) electrons. The lowest BCUT2D eigenvalue weighted by atomic mass is 10.00. The summed E-state index contributed by atoms with van der Waals surface area (Å²) in [5.41, 5.74) is 1.24. The fourth-order valence-corrected chi connectivity index (χ4v) is 2.99. The highest BCUT2D eigenvalue weighted by molar-refractivity contribution is 5.82. The Hall–Kier alpha value is -1.73. The molecule has 7 heteroatoms. The number of aromatic nitrogens is 4. The lowest BCUT2D eigenvalue weighted by Gasteiger charge is -2.22. The van der Waals surface area contributed by atoms with Crippen LogP contribution in [0.2, 0.25) is 0 Å². The third-order valence-corrected chi connectivity index (χ3v) is 4.72. The van der Waals surface area contributed by atoms with Crippen molar-refractivity contribution >= 4 is 17.0 Å². The molecule has 2 aromatic rings. The maximum absolute atomic E-state index is 10.6. The topological polar surface area (TPSA) is 96.1 Å². The molecule has 3 rings (SSSR count). The summed E-state index contributed by atoms with van der Waals surface area (Å²) in [5.74, 6) is 0.785. The number of anilines is 1. The zero-order valence-corrected chi connectivity index (χ0v) is 12.5. The van der Waals surface area contributed by atoms with Gasteiger partial charge in [0.25, 0.3) is 0 Å². The van der Waals surface area contributed by atoms with E-state index in [9.17, 15) is 10.2 Å². The van der Waals surface area contributed by atoms with Crippen LogP contribution in [-0.4, -0.2) is 49.5 Å². The maximum Gasteiger partial charge on any atom is 0.165 e. The van der Waals surface area contributed by atoms with Crippen LogP contribution in [0.15, 0.2) is 12.7 Å². The highest BCUT2D eigenvalue weighted by atomic mass is 16.3. The van der Waals surface area contributed by atoms with E-state index in [0.29, 0.717) is 17.0 Å². The molecule has 0 aromatic carbocycles. The van der Waals surface area contributed by atoms with Crippen LogP contribution >= 0.6 is 0 Å². The second kappa shape index (κ2) is 4.92. The number of rotatable bonds is 5. The number of aliphatic hydroxyl groups excluding tert-OH is 2. The van der Waals surface area contributed by atoms with Crippen molar-refractivity contribution in [3.05, 3.63) is 12.7 Å². The van der Waals surface area contributed by atoms with Crippen LogP contribution in [0.25, 0.3) is 11.2 Å². The molecule has 0 aliphatic heterocycles. The van der Waals surface area contributed by atoms with E-state index >= 15 is 0 Å². The average Bonchev–Trinajstić information content (AvgIpc) is 3.00. The summed E-state index contributed by atoms with van der Waals surface area (Å²) in [6, 6.07) is -0.159. The first-order chi connectivity index (χ1) is 10.0. The zero-order chi connectivity index (χ0) is 15.2. The Morgan fingerprint density at radius 3 is 2.86 bits per heavy atom. The third-order valence-electron chi connectivity index (χ3n) is 4.72. The van der Waals surface area contributed by atoms with E-state index in [1.165, 1.54) is 6.33 Å². The molecule has 114 valence electrons. The van der Waals surface area contributed by atoms with Crippen molar-refractivity contribution in [3.8, 4) is 0 Å². The van der Waals surface area contributed by atoms with E-state index in [0.717, 1.165) is 6.42 Å². The maximum atomic E-state index is 10.6. The number of nitrogens with one attached hydrogen (secondary N) is 1. The number of aliphatic hydroxyl groups is 2. The smallest absolute Gasteiger partial charge is 0.165 e. The molecular formula is C14H21N5O2. The molecule has 1 fully saturated rings. The molecule has 0 amide bonds. The van der Waals surface area contributed by atoms with Crippen LogP contribution in [0.5, 0.6) is 0 Å². The SMILES string of the molecule is CNc1ncnc2c1ncn2[C@H](C)C(O)C1C[C@]1(C)CO. The molecule has 0 bridgehead atoms. The van der Waals surface area contributed by atoms with Gasteiger partial charge >= 0.3 is 0 Å². The summed E-state index contributed by atoms with van der Waals surface area (Å²) in [4.78, 5) is 12.8. The summed E-state index contributed by atoms with van der Waals surface area (Å²) in [7, 11) is 1.79. The summed E-state index contributed by atoms with van der Waals surface area (Å²) in [6.45, 7) is 4.06. The Bertz CT molecular complexity index is 658. The molecule has 21 heavy (non-hydrogen) atoms. The van der Waals surface area contributed by atoms with Crippen LogP contribution < -0.4 is 5.32 Å². The predicted molar refractivity (Wildman–Crippen MR) is 78.9 cm³/mol. The number of fused-ring (bicyclic) bond motifs is 1. The first-order valence-corrected chi connectivity index (χ1v) is 7.16. The molecule has 2 aromatic heterocycles. The molecule has 0 saturated heterocycles. The lowest BCUT2D eigenvalue weighted by molar-refractivity contribution is 0.0754. The standard InChI is InChI=1S/C14H21N5O2/c1-8(11(21)9-4-14(9,2)5-20)19-7-18-10-12(15-3)16-6-17-13(10)19/h6-9,11,20-21H,4-5H2,1-3H3,(H,15,16,17)/t8-,9?,11?,14-/m1/s1. The molecule has 7 nitrogen and oxygen atoms in total. The normalized spacial score (nSPS) is 27.6. The van der Waals surface area contributed by atoms with E-state index in [4.69, 9.17) is 0 Å². The Labute approximate surface area is 123 Å². The number of hydrogen-bond acceptors (Lipinski definition) is 6. The summed E-state index contributed by atoms with van der Waals surface area (Å²) in [5, 5.41) is 22.9. The van der Waals surface area contributed by atoms with Crippen molar-refractivity contribution in [2.45, 2.75) is 32.4 Å². The number of hydrogen-bond donors (Lipinski definition) is 3. The molecular weight excluding hydrogens is 270 g/mol. The van der Waals surface area contributed by atoms with E-state index in [1.807, 2.05) is 18.4 Å². The van der Waals surface area contributed by atoms with E-state index < -0.39 is 6.10 Å². The van der Waals surface area contributed by atoms with Crippen molar-refractivity contribution in [1.82, 2.24) is 19.5 Å². The number of imidazole rings is 1. The lowest BCUT2D eigenvalue weighted by Crippen LogP contribution is -2.26. The van der Waals surface area contributed by atoms with Crippen molar-refractivity contribution in [2.24, 2.45) is 11.3 Å². The van der Waals surface area contributed by atoms with Gasteiger partial charge in [0.05, 0.1) is 18.5 Å². The third kappa shape index (κ3) is 2.16. The monoisotopic (exact) mass is 291 g/mol. The van der Waals surface area contributed by atoms with Crippen LogP contribution in [0.1, 0.15) is 26.3 Å². The minimum atomic E-state index is -0.535. The van der Waals surface area contributed by atoms with Gasteiger partial charge in [-0.2, -0.15) is 0 Å². The highest BCUT2D eigenvalue weighted by Gasteiger charge is 2.54. The van der Waals surface area contributed by atoms with Crippen molar-refractivity contribution in [2.75, 3.05) is 19.0 Å². The van der Waals surface area contributed by atoms with Gasteiger partial charge in [0.15, 0.2) is 11.5 Å². The van der Waals surface area contributed by atoms with Crippen molar-refractivity contribution in [3.63, 3.8) is 0 Å². The average molecular weight is 291 g/mol. The van der Waals surface area contributed by atoms with E-state index in [2.05, 4.69) is 20.3 Å². The quantitative estimate of drug-likeness (QED) is 0.754. The van der Waals surface area contributed by atoms with Gasteiger partial charge in [-0.25, -0.2) is 15.0 Å². The fourth-order valence-electron chi connectivity index (χ4n) is 2.99. The molecule has 2 unspecified atom stereocenters. The Balaban J connectivity index is 1.90. The molecule has 1 aliphatic carbocycles. The molecule has 1 saturated carbocycles. The van der Waals surface area contributed by atoms with Gasteiger partial charge in [-0.3, -0.25) is 0 Å². The van der Waals surface area contributed by atoms with Crippen LogP contribution in [0.4, 0.5) is 5.82 Å². The number of nitrogens with zero attached hydrogens (tertiary/aromatic N) is 4. The largest absolute Gasteiger partial charge is 0.396 e. The predicted octanol–water partition coefficient (Wildman–Crippen LogP) is 0.808. The second-order valence-corrected chi connectivity index (χ2v) is 6.15. The molecule has 0 spiro atoms. The van der Waals surface area contributed by atoms with Gasteiger partial charge in [-0.05, 0) is 24.7 Å². The van der Waals surface area contributed by atoms with Gasteiger partial charge in [0.1, 0.15) is 11.8 Å². The summed E-state index contributed by atoms with van der Waals surface area (Å²) in [6.07, 6.45) is 3.48. The van der Waals surface area contributed by atoms with E-state index in [-0.39, 0.29) is 24.0 Å².